The molecule has 1 heterocycles. The van der Waals surface area contributed by atoms with Crippen LogP contribution in [0.1, 0.15) is 50.1 Å². The summed E-state index contributed by atoms with van der Waals surface area (Å²) in [4.78, 5) is 13.4. The van der Waals surface area contributed by atoms with E-state index in [1.165, 1.54) is 32.6 Å². The van der Waals surface area contributed by atoms with Gasteiger partial charge in [0.2, 0.25) is 0 Å². The highest BCUT2D eigenvalue weighted by atomic mass is 16.4. The molecular weight excluding hydrogens is 214 g/mol. The quantitative estimate of drug-likeness (QED) is 0.752. The normalized spacial score (nSPS) is 24.6. The Hall–Kier alpha value is -1.25. The molecule has 2 atom stereocenters. The molecule has 2 unspecified atom stereocenters. The molecule has 1 fully saturated rings. The standard InChI is InChI=1S/C14H21NO2/c1-10-6-4-5-7-12(10)15(3)14-9-8-13(17-14)11(2)16/h8-10,12H,4-7H2,1-3H3. The second kappa shape index (κ2) is 4.94. The third-order valence-electron chi connectivity index (χ3n) is 3.85. The van der Waals surface area contributed by atoms with Crippen molar-refractivity contribution in [3.63, 3.8) is 0 Å². The fourth-order valence-corrected chi connectivity index (χ4v) is 2.74. The maximum Gasteiger partial charge on any atom is 0.196 e. The van der Waals surface area contributed by atoms with E-state index >= 15 is 0 Å². The van der Waals surface area contributed by atoms with Crippen molar-refractivity contribution in [2.24, 2.45) is 5.92 Å². The van der Waals surface area contributed by atoms with Crippen LogP contribution in [0.3, 0.4) is 0 Å². The summed E-state index contributed by atoms with van der Waals surface area (Å²) >= 11 is 0. The second-order valence-corrected chi connectivity index (χ2v) is 5.13. The largest absolute Gasteiger partial charge is 0.437 e. The van der Waals surface area contributed by atoms with E-state index in [0.717, 1.165) is 5.88 Å². The van der Waals surface area contributed by atoms with Gasteiger partial charge in [-0.15, -0.1) is 0 Å². The highest BCUT2D eigenvalue weighted by Crippen LogP contribution is 2.31. The molecule has 0 radical (unpaired) electrons. The van der Waals surface area contributed by atoms with E-state index in [1.807, 2.05) is 6.07 Å². The van der Waals surface area contributed by atoms with Crippen LogP contribution in [-0.4, -0.2) is 18.9 Å². The summed E-state index contributed by atoms with van der Waals surface area (Å²) in [5.41, 5.74) is 0. The Morgan fingerprint density at radius 3 is 2.65 bits per heavy atom. The van der Waals surface area contributed by atoms with Gasteiger partial charge in [-0.25, -0.2) is 0 Å². The minimum atomic E-state index is -0.0126. The summed E-state index contributed by atoms with van der Waals surface area (Å²) < 4.78 is 5.58. The van der Waals surface area contributed by atoms with Crippen LogP contribution in [0.2, 0.25) is 0 Å². The van der Waals surface area contributed by atoms with Gasteiger partial charge < -0.3 is 9.32 Å². The first kappa shape index (κ1) is 12.2. The van der Waals surface area contributed by atoms with Crippen LogP contribution in [0.15, 0.2) is 16.5 Å². The summed E-state index contributed by atoms with van der Waals surface area (Å²) in [5.74, 6) is 1.95. The van der Waals surface area contributed by atoms with E-state index in [4.69, 9.17) is 4.42 Å². The predicted molar refractivity (Wildman–Crippen MR) is 68.5 cm³/mol. The second-order valence-electron chi connectivity index (χ2n) is 5.13. The minimum absolute atomic E-state index is 0.0126. The van der Waals surface area contributed by atoms with E-state index in [2.05, 4.69) is 18.9 Å². The number of hydrogen-bond acceptors (Lipinski definition) is 3. The van der Waals surface area contributed by atoms with Crippen LogP contribution in [0.4, 0.5) is 5.88 Å². The number of anilines is 1. The molecule has 17 heavy (non-hydrogen) atoms. The zero-order chi connectivity index (χ0) is 12.4. The van der Waals surface area contributed by atoms with Gasteiger partial charge in [0.1, 0.15) is 0 Å². The van der Waals surface area contributed by atoms with E-state index in [1.54, 1.807) is 6.07 Å². The van der Waals surface area contributed by atoms with Gasteiger partial charge in [0.05, 0.1) is 0 Å². The van der Waals surface area contributed by atoms with E-state index in [-0.39, 0.29) is 5.78 Å². The highest BCUT2D eigenvalue weighted by Gasteiger charge is 2.26. The lowest BCUT2D eigenvalue weighted by molar-refractivity contribution is 0.0987. The third kappa shape index (κ3) is 2.54. The number of carbonyl (C=O) groups excluding carboxylic acids is 1. The smallest absolute Gasteiger partial charge is 0.196 e. The Kier molecular flexibility index (Phi) is 3.55. The summed E-state index contributed by atoms with van der Waals surface area (Å²) in [6, 6.07) is 4.20. The molecule has 0 saturated heterocycles. The maximum absolute atomic E-state index is 11.2. The van der Waals surface area contributed by atoms with Gasteiger partial charge in [-0.2, -0.15) is 0 Å². The molecule has 0 bridgehead atoms. The molecule has 94 valence electrons. The lowest BCUT2D eigenvalue weighted by atomic mass is 9.85. The van der Waals surface area contributed by atoms with Crippen LogP contribution >= 0.6 is 0 Å². The molecule has 0 spiro atoms. The van der Waals surface area contributed by atoms with Gasteiger partial charge in [0.15, 0.2) is 17.4 Å². The van der Waals surface area contributed by atoms with E-state index in [9.17, 15) is 4.79 Å². The average Bonchev–Trinajstić information content (AvgIpc) is 2.78. The van der Waals surface area contributed by atoms with Crippen molar-refractivity contribution in [2.75, 3.05) is 11.9 Å². The Bertz CT molecular complexity index is 397. The van der Waals surface area contributed by atoms with Crippen molar-refractivity contribution in [3.05, 3.63) is 17.9 Å². The summed E-state index contributed by atoms with van der Waals surface area (Å²) in [6.07, 6.45) is 5.13. The first-order valence-electron chi connectivity index (χ1n) is 6.43. The molecule has 0 amide bonds. The average molecular weight is 235 g/mol. The number of Topliss-reactive ketones (excluding diaryl/α,β-unsaturated/α-hetero) is 1. The lowest BCUT2D eigenvalue weighted by Crippen LogP contribution is -2.38. The molecule has 1 aliphatic rings. The molecule has 3 heteroatoms. The predicted octanol–water partition coefficient (Wildman–Crippen LogP) is 3.50. The summed E-state index contributed by atoms with van der Waals surface area (Å²) in [5, 5.41) is 0. The topological polar surface area (TPSA) is 33.5 Å². The first-order chi connectivity index (χ1) is 8.09. The Labute approximate surface area is 103 Å². The van der Waals surface area contributed by atoms with Crippen LogP contribution in [0, 0.1) is 5.92 Å². The molecule has 1 saturated carbocycles. The number of nitrogens with zero attached hydrogens (tertiary/aromatic N) is 1. The van der Waals surface area contributed by atoms with Gasteiger partial charge in [-0.05, 0) is 24.8 Å². The number of rotatable bonds is 3. The molecule has 2 rings (SSSR count). The third-order valence-corrected chi connectivity index (χ3v) is 3.85. The van der Waals surface area contributed by atoms with Crippen LogP contribution in [-0.2, 0) is 0 Å². The highest BCUT2D eigenvalue weighted by molar-refractivity contribution is 5.91. The SMILES string of the molecule is CC(=O)c1ccc(N(C)C2CCCCC2C)o1. The van der Waals surface area contributed by atoms with Gasteiger partial charge >= 0.3 is 0 Å². The zero-order valence-corrected chi connectivity index (χ0v) is 10.9. The summed E-state index contributed by atoms with van der Waals surface area (Å²) in [7, 11) is 2.06. The Morgan fingerprint density at radius 1 is 1.35 bits per heavy atom. The van der Waals surface area contributed by atoms with Crippen molar-refractivity contribution in [1.82, 2.24) is 0 Å². The number of furan rings is 1. The van der Waals surface area contributed by atoms with Gasteiger partial charge in [0, 0.05) is 26.1 Å². The van der Waals surface area contributed by atoms with E-state index < -0.39 is 0 Å². The van der Waals surface area contributed by atoms with Crippen LogP contribution < -0.4 is 4.90 Å². The molecule has 1 aromatic rings. The van der Waals surface area contributed by atoms with Crippen molar-refractivity contribution >= 4 is 11.7 Å². The van der Waals surface area contributed by atoms with Crippen LogP contribution in [0.5, 0.6) is 0 Å². The lowest BCUT2D eigenvalue weighted by Gasteiger charge is -2.36. The number of ketones is 1. The first-order valence-corrected chi connectivity index (χ1v) is 6.43. The zero-order valence-electron chi connectivity index (χ0n) is 10.9. The molecule has 1 aliphatic carbocycles. The molecule has 3 nitrogen and oxygen atoms in total. The molecule has 0 N–H and O–H groups in total. The van der Waals surface area contributed by atoms with Crippen LogP contribution in [0.25, 0.3) is 0 Å². The van der Waals surface area contributed by atoms with Crippen molar-refractivity contribution in [3.8, 4) is 0 Å². The number of hydrogen-bond donors (Lipinski definition) is 0. The Balaban J connectivity index is 2.12. The fraction of sp³-hybridized carbons (Fsp3) is 0.643. The Morgan fingerprint density at radius 2 is 2.06 bits per heavy atom. The van der Waals surface area contributed by atoms with Crippen molar-refractivity contribution in [2.45, 2.75) is 45.6 Å². The van der Waals surface area contributed by atoms with Gasteiger partial charge in [0.25, 0.3) is 0 Å². The van der Waals surface area contributed by atoms with Crippen molar-refractivity contribution < 1.29 is 9.21 Å². The number of carbonyl (C=O) groups is 1. The molecule has 0 aliphatic heterocycles. The minimum Gasteiger partial charge on any atom is -0.437 e. The van der Waals surface area contributed by atoms with Gasteiger partial charge in [-0.3, -0.25) is 4.79 Å². The summed E-state index contributed by atoms with van der Waals surface area (Å²) in [6.45, 7) is 3.83. The van der Waals surface area contributed by atoms with Gasteiger partial charge in [-0.1, -0.05) is 19.8 Å². The maximum atomic E-state index is 11.2. The van der Waals surface area contributed by atoms with E-state index in [0.29, 0.717) is 17.7 Å². The molecule has 0 aromatic carbocycles. The fourth-order valence-electron chi connectivity index (χ4n) is 2.74. The molecule has 1 aromatic heterocycles. The monoisotopic (exact) mass is 235 g/mol. The molecular formula is C14H21NO2. The van der Waals surface area contributed by atoms with Crippen molar-refractivity contribution in [1.29, 1.82) is 0 Å².